The quantitative estimate of drug-likeness (QED) is 0.859. The number of hydrogen-bond acceptors (Lipinski definition) is 3. The first-order chi connectivity index (χ1) is 10.7. The molecule has 4 heteroatoms. The Kier molecular flexibility index (Phi) is 4.77. The molecule has 1 atom stereocenters. The van der Waals surface area contributed by atoms with Gasteiger partial charge in [0.2, 0.25) is 0 Å². The highest BCUT2D eigenvalue weighted by Crippen LogP contribution is 2.43. The number of nitrogens with one attached hydrogen (secondary N) is 1. The molecule has 22 heavy (non-hydrogen) atoms. The lowest BCUT2D eigenvalue weighted by molar-refractivity contribution is 0.287. The zero-order valence-electron chi connectivity index (χ0n) is 13.0. The molecule has 0 aromatic heterocycles. The summed E-state index contributed by atoms with van der Waals surface area (Å²) in [7, 11) is -2.57. The van der Waals surface area contributed by atoms with E-state index in [-0.39, 0.29) is 0 Å². The van der Waals surface area contributed by atoms with Crippen LogP contribution in [0, 0.1) is 0 Å². The monoisotopic (exact) mass is 314 g/mol. The summed E-state index contributed by atoms with van der Waals surface area (Å²) >= 11 is 0. The third-order valence-electron chi connectivity index (χ3n) is 4.43. The van der Waals surface area contributed by atoms with Crippen LogP contribution in [0.1, 0.15) is 6.92 Å². The standard InChI is InChI=1S/C18H23N2OP/c1-16-14-19-15-20(16)12-13-22(21,17-8-4-2-5-9-17)18-10-6-3-7-11-18/h2-11,16,19H,12-15H2,1H3. The van der Waals surface area contributed by atoms with Crippen molar-refractivity contribution in [1.29, 1.82) is 0 Å². The Hall–Kier alpha value is -1.41. The van der Waals surface area contributed by atoms with Gasteiger partial charge < -0.3 is 9.88 Å². The number of rotatable bonds is 5. The molecule has 116 valence electrons. The van der Waals surface area contributed by atoms with Gasteiger partial charge in [0.15, 0.2) is 0 Å². The van der Waals surface area contributed by atoms with Crippen molar-refractivity contribution >= 4 is 17.8 Å². The third kappa shape index (κ3) is 3.17. The summed E-state index contributed by atoms with van der Waals surface area (Å²) in [5.74, 6) is 0. The zero-order valence-corrected chi connectivity index (χ0v) is 13.9. The van der Waals surface area contributed by atoms with Crippen molar-refractivity contribution in [3.63, 3.8) is 0 Å². The Morgan fingerprint density at radius 1 is 1.05 bits per heavy atom. The maximum atomic E-state index is 13.8. The van der Waals surface area contributed by atoms with Crippen LogP contribution >= 0.6 is 7.14 Å². The van der Waals surface area contributed by atoms with E-state index >= 15 is 0 Å². The largest absolute Gasteiger partial charge is 0.314 e. The molecule has 0 aliphatic carbocycles. The van der Waals surface area contributed by atoms with E-state index in [1.807, 2.05) is 60.7 Å². The Labute approximate surface area is 132 Å². The van der Waals surface area contributed by atoms with Crippen molar-refractivity contribution in [1.82, 2.24) is 10.2 Å². The van der Waals surface area contributed by atoms with Gasteiger partial charge in [0, 0.05) is 42.6 Å². The smallest absolute Gasteiger partial charge is 0.144 e. The second-order valence-electron chi connectivity index (χ2n) is 5.91. The van der Waals surface area contributed by atoms with Crippen molar-refractivity contribution in [2.24, 2.45) is 0 Å². The highest BCUT2D eigenvalue weighted by atomic mass is 31.2. The maximum Gasteiger partial charge on any atom is 0.144 e. The van der Waals surface area contributed by atoms with Crippen molar-refractivity contribution in [2.45, 2.75) is 13.0 Å². The van der Waals surface area contributed by atoms with E-state index < -0.39 is 7.14 Å². The molecule has 0 bridgehead atoms. The molecule has 2 aromatic carbocycles. The van der Waals surface area contributed by atoms with Gasteiger partial charge in [-0.25, -0.2) is 0 Å². The molecule has 2 aromatic rings. The first kappa shape index (κ1) is 15.5. The van der Waals surface area contributed by atoms with Gasteiger partial charge in [-0.1, -0.05) is 60.7 Å². The molecule has 3 rings (SSSR count). The summed E-state index contributed by atoms with van der Waals surface area (Å²) in [4.78, 5) is 2.37. The van der Waals surface area contributed by atoms with Crippen molar-refractivity contribution in [3.8, 4) is 0 Å². The molecule has 0 amide bonds. The molecule has 3 nitrogen and oxygen atoms in total. The minimum Gasteiger partial charge on any atom is -0.314 e. The van der Waals surface area contributed by atoms with Crippen LogP contribution in [0.4, 0.5) is 0 Å². The first-order valence-corrected chi connectivity index (χ1v) is 9.74. The van der Waals surface area contributed by atoms with Gasteiger partial charge in [0.25, 0.3) is 0 Å². The van der Waals surface area contributed by atoms with Crippen LogP contribution < -0.4 is 15.9 Å². The predicted octanol–water partition coefficient (Wildman–Crippen LogP) is 2.25. The minimum atomic E-state index is -2.57. The summed E-state index contributed by atoms with van der Waals surface area (Å²) < 4.78 is 13.8. The van der Waals surface area contributed by atoms with E-state index in [1.54, 1.807) is 0 Å². The lowest BCUT2D eigenvalue weighted by Gasteiger charge is -2.25. The van der Waals surface area contributed by atoms with Crippen molar-refractivity contribution < 1.29 is 4.57 Å². The van der Waals surface area contributed by atoms with Gasteiger partial charge in [-0.05, 0) is 6.92 Å². The zero-order chi connectivity index (χ0) is 15.4. The van der Waals surface area contributed by atoms with Gasteiger partial charge in [0.1, 0.15) is 7.14 Å². The van der Waals surface area contributed by atoms with E-state index in [9.17, 15) is 4.57 Å². The molecular weight excluding hydrogens is 291 g/mol. The summed E-state index contributed by atoms with van der Waals surface area (Å²) in [6.07, 6.45) is 0.688. The fourth-order valence-electron chi connectivity index (χ4n) is 3.02. The van der Waals surface area contributed by atoms with Gasteiger partial charge in [-0.3, -0.25) is 4.90 Å². The highest BCUT2D eigenvalue weighted by Gasteiger charge is 2.29. The first-order valence-electron chi connectivity index (χ1n) is 7.85. The van der Waals surface area contributed by atoms with E-state index in [1.165, 1.54) is 0 Å². The summed E-state index contributed by atoms with van der Waals surface area (Å²) in [6.45, 7) is 4.98. The molecule has 0 saturated carbocycles. The molecule has 0 spiro atoms. The van der Waals surface area contributed by atoms with Crippen LogP contribution in [0.15, 0.2) is 60.7 Å². The molecule has 1 heterocycles. The normalized spacial score (nSPS) is 19.4. The Bertz CT molecular complexity index is 601. The predicted molar refractivity (Wildman–Crippen MR) is 93.7 cm³/mol. The summed E-state index contributed by atoms with van der Waals surface area (Å²) in [5.41, 5.74) is 0. The fourth-order valence-corrected chi connectivity index (χ4v) is 5.68. The van der Waals surface area contributed by atoms with Crippen LogP contribution in [0.3, 0.4) is 0 Å². The van der Waals surface area contributed by atoms with Crippen molar-refractivity contribution in [2.75, 3.05) is 25.9 Å². The minimum absolute atomic E-state index is 0.514. The highest BCUT2D eigenvalue weighted by molar-refractivity contribution is 7.78. The SMILES string of the molecule is CC1CNCN1CCP(=O)(c1ccccc1)c1ccccc1. The Morgan fingerprint density at radius 2 is 1.59 bits per heavy atom. The second-order valence-corrected chi connectivity index (χ2v) is 8.87. The van der Waals surface area contributed by atoms with Crippen LogP contribution in [-0.4, -0.2) is 36.9 Å². The third-order valence-corrected chi connectivity index (χ3v) is 7.52. The number of hydrogen-bond donors (Lipinski definition) is 1. The molecule has 1 fully saturated rings. The maximum absolute atomic E-state index is 13.8. The van der Waals surface area contributed by atoms with Gasteiger partial charge >= 0.3 is 0 Å². The van der Waals surface area contributed by atoms with E-state index in [2.05, 4.69) is 17.1 Å². The Balaban J connectivity index is 1.88. The van der Waals surface area contributed by atoms with Crippen LogP contribution in [0.25, 0.3) is 0 Å². The Morgan fingerprint density at radius 3 is 2.05 bits per heavy atom. The lowest BCUT2D eigenvalue weighted by atomic mass is 10.3. The van der Waals surface area contributed by atoms with Crippen molar-refractivity contribution in [3.05, 3.63) is 60.7 Å². The van der Waals surface area contributed by atoms with Gasteiger partial charge in [0.05, 0.1) is 0 Å². The molecule has 1 aliphatic rings. The molecule has 1 aliphatic heterocycles. The average molecular weight is 314 g/mol. The van der Waals surface area contributed by atoms with Crippen LogP contribution in [0.2, 0.25) is 0 Å². The van der Waals surface area contributed by atoms with Crippen LogP contribution in [0.5, 0.6) is 0 Å². The van der Waals surface area contributed by atoms with Gasteiger partial charge in [-0.15, -0.1) is 0 Å². The summed E-state index contributed by atoms with van der Waals surface area (Å²) in [5, 5.41) is 5.29. The second kappa shape index (κ2) is 6.78. The molecular formula is C18H23N2OP. The average Bonchev–Trinajstić information content (AvgIpc) is 2.99. The van der Waals surface area contributed by atoms with Crippen LogP contribution in [-0.2, 0) is 4.57 Å². The topological polar surface area (TPSA) is 32.3 Å². The van der Waals surface area contributed by atoms with E-state index in [0.29, 0.717) is 12.2 Å². The van der Waals surface area contributed by atoms with Gasteiger partial charge in [-0.2, -0.15) is 0 Å². The molecule has 1 N–H and O–H groups in total. The molecule has 1 saturated heterocycles. The summed E-state index contributed by atoms with van der Waals surface area (Å²) in [6, 6.07) is 20.4. The fraction of sp³-hybridized carbons (Fsp3) is 0.333. The number of nitrogens with zero attached hydrogens (tertiary/aromatic N) is 1. The van der Waals surface area contributed by atoms with E-state index in [4.69, 9.17) is 0 Å². The van der Waals surface area contributed by atoms with E-state index in [0.717, 1.165) is 30.4 Å². The molecule has 0 radical (unpaired) electrons. The molecule has 1 unspecified atom stereocenters. The lowest BCUT2D eigenvalue weighted by Crippen LogP contribution is -2.33. The number of benzene rings is 2.